The molecule has 0 radical (unpaired) electrons. The van der Waals surface area contributed by atoms with Gasteiger partial charge in [-0.05, 0) is 72.1 Å². The first kappa shape index (κ1) is 26.6. The van der Waals surface area contributed by atoms with Crippen LogP contribution in [-0.2, 0) is 9.47 Å². The van der Waals surface area contributed by atoms with Crippen LogP contribution in [0.3, 0.4) is 0 Å². The molecule has 0 spiro atoms. The van der Waals surface area contributed by atoms with E-state index < -0.39 is 6.10 Å². The highest BCUT2D eigenvalue weighted by Gasteiger charge is 2.28. The molecule has 0 bridgehead atoms. The molecular weight excluding hydrogens is 511 g/mol. The highest BCUT2D eigenvalue weighted by Crippen LogP contribution is 2.32. The second kappa shape index (κ2) is 11.4. The van der Waals surface area contributed by atoms with E-state index in [0.29, 0.717) is 18.9 Å². The van der Waals surface area contributed by atoms with Crippen molar-refractivity contribution < 1.29 is 14.6 Å². The summed E-state index contributed by atoms with van der Waals surface area (Å²) in [6, 6.07) is 19.4. The predicted molar refractivity (Wildman–Crippen MR) is 161 cm³/mol. The molecule has 0 aliphatic carbocycles. The summed E-state index contributed by atoms with van der Waals surface area (Å²) in [7, 11) is 2.91. The van der Waals surface area contributed by atoms with Crippen LogP contribution in [-0.4, -0.2) is 35.0 Å². The third-order valence-electron chi connectivity index (χ3n) is 7.08. The molecule has 1 aromatic heterocycles. The normalized spacial score (nSPS) is 19.2. The number of ether oxygens (including phenoxy) is 2. The van der Waals surface area contributed by atoms with Crippen molar-refractivity contribution in [2.24, 2.45) is 0 Å². The molecule has 0 saturated carbocycles. The minimum Gasteiger partial charge on any atom is -0.474 e. The standard InChI is InChI=1S/C31H33N2O3PS/c1-18-15-27(33-21(4)36-26-16-28(34)20(3)35-17-26)19(2)30(37)29(18)24-9-5-22(6-10-24)23-7-11-25(12-8-23)31-32-13-14-38-31/h5-15,20,26,28,33-34H,4,16-17,37H2,1-3H3/t20-,26?,28?/m1/s1. The van der Waals surface area contributed by atoms with Crippen molar-refractivity contribution in [3.8, 4) is 32.8 Å². The SMILES string of the molecule is C=C(Nc1cc(C)c(-c2ccc(-c3ccc(-c4nccs4)cc3)cc2)c(P)c1C)OC1CO[C@H](C)C(O)C1. The van der Waals surface area contributed by atoms with Gasteiger partial charge in [0.05, 0.1) is 18.8 Å². The molecule has 4 atom stereocenters. The Morgan fingerprint density at radius 3 is 2.32 bits per heavy atom. The monoisotopic (exact) mass is 544 g/mol. The average molecular weight is 545 g/mol. The average Bonchev–Trinajstić information content (AvgIpc) is 3.45. The molecule has 1 saturated heterocycles. The summed E-state index contributed by atoms with van der Waals surface area (Å²) in [5.41, 5.74) is 9.08. The van der Waals surface area contributed by atoms with Gasteiger partial charge in [0.2, 0.25) is 0 Å². The van der Waals surface area contributed by atoms with Crippen LogP contribution in [0, 0.1) is 13.8 Å². The number of aromatic nitrogens is 1. The van der Waals surface area contributed by atoms with Crippen LogP contribution in [0.2, 0.25) is 0 Å². The number of benzene rings is 3. The Kier molecular flexibility index (Phi) is 7.96. The topological polar surface area (TPSA) is 63.6 Å². The van der Waals surface area contributed by atoms with E-state index in [9.17, 15) is 5.11 Å². The fourth-order valence-corrected chi connectivity index (χ4v) is 6.01. The summed E-state index contributed by atoms with van der Waals surface area (Å²) >= 11 is 1.65. The Bertz CT molecular complexity index is 1420. The molecular formula is C31H33N2O3PS. The smallest absolute Gasteiger partial charge is 0.184 e. The minimum atomic E-state index is -0.530. The number of hydrogen-bond donors (Lipinski definition) is 2. The van der Waals surface area contributed by atoms with E-state index in [1.165, 1.54) is 22.3 Å². The lowest BCUT2D eigenvalue weighted by Crippen LogP contribution is -2.40. The van der Waals surface area contributed by atoms with Crippen molar-refractivity contribution in [3.63, 3.8) is 0 Å². The summed E-state index contributed by atoms with van der Waals surface area (Å²) < 4.78 is 11.5. The number of nitrogens with zero attached hydrogens (tertiary/aromatic N) is 1. The van der Waals surface area contributed by atoms with Gasteiger partial charge in [-0.15, -0.1) is 20.6 Å². The second-order valence-electron chi connectivity index (χ2n) is 9.78. The van der Waals surface area contributed by atoms with Gasteiger partial charge in [0.25, 0.3) is 0 Å². The molecule has 5 nitrogen and oxygen atoms in total. The van der Waals surface area contributed by atoms with Crippen LogP contribution >= 0.6 is 20.6 Å². The van der Waals surface area contributed by atoms with Gasteiger partial charge in [0.15, 0.2) is 5.88 Å². The van der Waals surface area contributed by atoms with Crippen molar-refractivity contribution in [2.45, 2.75) is 45.5 Å². The van der Waals surface area contributed by atoms with Gasteiger partial charge in [-0.2, -0.15) is 0 Å². The Morgan fingerprint density at radius 1 is 1.08 bits per heavy atom. The number of aliphatic hydroxyl groups is 1. The van der Waals surface area contributed by atoms with Gasteiger partial charge in [-0.25, -0.2) is 4.98 Å². The highest BCUT2D eigenvalue weighted by molar-refractivity contribution is 7.28. The van der Waals surface area contributed by atoms with Gasteiger partial charge in [-0.1, -0.05) is 48.5 Å². The van der Waals surface area contributed by atoms with E-state index >= 15 is 0 Å². The maximum Gasteiger partial charge on any atom is 0.184 e. The summed E-state index contributed by atoms with van der Waals surface area (Å²) in [5.74, 6) is 0.449. The van der Waals surface area contributed by atoms with Crippen LogP contribution < -0.4 is 10.6 Å². The van der Waals surface area contributed by atoms with Gasteiger partial charge in [0, 0.05) is 29.2 Å². The van der Waals surface area contributed by atoms with Crippen molar-refractivity contribution in [1.82, 2.24) is 4.98 Å². The summed E-state index contributed by atoms with van der Waals surface area (Å²) in [5, 5.41) is 17.6. The number of anilines is 1. The molecule has 2 heterocycles. The van der Waals surface area contributed by atoms with Crippen LogP contribution in [0.5, 0.6) is 0 Å². The number of rotatable bonds is 7. The van der Waals surface area contributed by atoms with E-state index in [1.54, 1.807) is 11.3 Å². The van der Waals surface area contributed by atoms with Crippen molar-refractivity contribution >= 4 is 31.6 Å². The second-order valence-corrected chi connectivity index (χ2v) is 11.2. The number of aliphatic hydroxyl groups excluding tert-OH is 1. The van der Waals surface area contributed by atoms with Crippen LogP contribution in [0.15, 0.2) is 78.6 Å². The molecule has 3 unspecified atom stereocenters. The molecule has 1 aliphatic heterocycles. The minimum absolute atomic E-state index is 0.170. The third kappa shape index (κ3) is 5.69. The maximum absolute atomic E-state index is 10.1. The molecule has 5 rings (SSSR count). The van der Waals surface area contributed by atoms with E-state index in [1.807, 2.05) is 18.5 Å². The number of aryl methyl sites for hydroxylation is 1. The third-order valence-corrected chi connectivity index (χ3v) is 8.62. The molecule has 3 aromatic carbocycles. The fraction of sp³-hybridized carbons (Fsp3) is 0.258. The maximum atomic E-state index is 10.1. The predicted octanol–water partition coefficient (Wildman–Crippen LogP) is 6.70. The van der Waals surface area contributed by atoms with Gasteiger partial charge in [-0.3, -0.25) is 0 Å². The first-order valence-corrected chi connectivity index (χ1v) is 14.2. The van der Waals surface area contributed by atoms with Gasteiger partial charge < -0.3 is 19.9 Å². The Hall–Kier alpha value is -3.02. The molecule has 38 heavy (non-hydrogen) atoms. The number of nitrogens with one attached hydrogen (secondary N) is 1. The van der Waals surface area contributed by atoms with E-state index in [0.717, 1.165) is 32.7 Å². The largest absolute Gasteiger partial charge is 0.474 e. The molecule has 1 fully saturated rings. The van der Waals surface area contributed by atoms with E-state index in [-0.39, 0.29) is 12.2 Å². The Morgan fingerprint density at radius 2 is 1.71 bits per heavy atom. The zero-order chi connectivity index (χ0) is 26.8. The highest BCUT2D eigenvalue weighted by atomic mass is 32.1. The van der Waals surface area contributed by atoms with Crippen molar-refractivity contribution in [2.75, 3.05) is 11.9 Å². The summed E-state index contributed by atoms with van der Waals surface area (Å²) in [4.78, 5) is 4.40. The van der Waals surface area contributed by atoms with Crippen LogP contribution in [0.1, 0.15) is 24.5 Å². The first-order chi connectivity index (χ1) is 18.3. The quantitative estimate of drug-likeness (QED) is 0.200. The number of hydrogen-bond acceptors (Lipinski definition) is 6. The first-order valence-electron chi connectivity index (χ1n) is 12.7. The lowest BCUT2D eigenvalue weighted by molar-refractivity contribution is -0.121. The van der Waals surface area contributed by atoms with Gasteiger partial charge >= 0.3 is 0 Å². The molecule has 7 heteroatoms. The molecule has 0 amide bonds. The van der Waals surface area contributed by atoms with E-state index in [4.69, 9.17) is 9.47 Å². The lowest BCUT2D eigenvalue weighted by Gasteiger charge is -2.32. The molecule has 2 N–H and O–H groups in total. The van der Waals surface area contributed by atoms with Crippen LogP contribution in [0.4, 0.5) is 5.69 Å². The Balaban J connectivity index is 1.30. The number of thiazole rings is 1. The van der Waals surface area contributed by atoms with Gasteiger partial charge in [0.1, 0.15) is 11.1 Å². The van der Waals surface area contributed by atoms with Crippen LogP contribution in [0.25, 0.3) is 32.8 Å². The summed E-state index contributed by atoms with van der Waals surface area (Å²) in [6.07, 6.45) is 1.44. The molecule has 1 aliphatic rings. The van der Waals surface area contributed by atoms with Crippen molar-refractivity contribution in [1.29, 1.82) is 0 Å². The van der Waals surface area contributed by atoms with E-state index in [2.05, 4.69) is 94.6 Å². The summed E-state index contributed by atoms with van der Waals surface area (Å²) in [6.45, 7) is 10.6. The molecule has 4 aromatic rings. The fourth-order valence-electron chi connectivity index (χ4n) is 4.82. The molecule has 196 valence electrons. The van der Waals surface area contributed by atoms with Crippen molar-refractivity contribution in [3.05, 3.63) is 89.8 Å². The lowest BCUT2D eigenvalue weighted by atomic mass is 9.95. The Labute approximate surface area is 230 Å². The zero-order valence-electron chi connectivity index (χ0n) is 21.9. The zero-order valence-corrected chi connectivity index (χ0v) is 23.9.